The molecule has 0 aromatic heterocycles. The summed E-state index contributed by atoms with van der Waals surface area (Å²) in [6.07, 6.45) is -0.748. The van der Waals surface area contributed by atoms with Crippen molar-refractivity contribution in [2.75, 3.05) is 13.4 Å². The minimum atomic E-state index is -0.748. The first-order valence-corrected chi connectivity index (χ1v) is 5.82. The molecular formula is C11H11ClN2O5. The Morgan fingerprint density at radius 1 is 1.37 bits per heavy atom. The minimum Gasteiger partial charge on any atom is -0.454 e. The van der Waals surface area contributed by atoms with Crippen molar-refractivity contribution in [3.05, 3.63) is 22.7 Å². The number of carbonyl (C=O) groups is 2. The molecule has 1 aromatic carbocycles. The molecule has 0 atom stereocenters. The van der Waals surface area contributed by atoms with Crippen molar-refractivity contribution < 1.29 is 23.8 Å². The number of benzene rings is 1. The fourth-order valence-corrected chi connectivity index (χ4v) is 1.71. The Labute approximate surface area is 113 Å². The van der Waals surface area contributed by atoms with E-state index in [1.165, 1.54) is 12.1 Å². The number of ether oxygens (including phenoxy) is 3. The minimum absolute atomic E-state index is 0.0567. The van der Waals surface area contributed by atoms with Gasteiger partial charge in [0, 0.05) is 5.56 Å². The number of nitrogens with one attached hydrogen (secondary N) is 2. The highest BCUT2D eigenvalue weighted by atomic mass is 35.5. The van der Waals surface area contributed by atoms with Crippen LogP contribution in [0.2, 0.25) is 5.02 Å². The zero-order valence-corrected chi connectivity index (χ0v) is 10.7. The number of amides is 2. The molecule has 1 aliphatic heterocycles. The van der Waals surface area contributed by atoms with Crippen LogP contribution in [0.15, 0.2) is 12.1 Å². The second-order valence-corrected chi connectivity index (χ2v) is 3.90. The van der Waals surface area contributed by atoms with Crippen LogP contribution in [-0.2, 0) is 4.74 Å². The van der Waals surface area contributed by atoms with Crippen LogP contribution in [0, 0.1) is 0 Å². The molecule has 2 N–H and O–H groups in total. The average molecular weight is 287 g/mol. The van der Waals surface area contributed by atoms with Crippen molar-refractivity contribution in [2.24, 2.45) is 0 Å². The number of hydrazine groups is 1. The largest absolute Gasteiger partial charge is 0.454 e. The normalized spacial score (nSPS) is 11.9. The molecule has 0 saturated carbocycles. The summed E-state index contributed by atoms with van der Waals surface area (Å²) in [6.45, 7) is 1.91. The Morgan fingerprint density at radius 3 is 2.89 bits per heavy atom. The maximum Gasteiger partial charge on any atom is 0.426 e. The first kappa shape index (κ1) is 13.3. The first-order valence-electron chi connectivity index (χ1n) is 5.44. The summed E-state index contributed by atoms with van der Waals surface area (Å²) >= 11 is 5.93. The van der Waals surface area contributed by atoms with Gasteiger partial charge in [0.15, 0.2) is 11.5 Å². The number of hydrogen-bond donors (Lipinski definition) is 2. The smallest absolute Gasteiger partial charge is 0.426 e. The molecule has 2 rings (SSSR count). The van der Waals surface area contributed by atoms with E-state index in [4.69, 9.17) is 21.1 Å². The Balaban J connectivity index is 2.04. The van der Waals surface area contributed by atoms with Crippen LogP contribution in [-0.4, -0.2) is 25.4 Å². The summed E-state index contributed by atoms with van der Waals surface area (Å²) in [7, 11) is 0. The van der Waals surface area contributed by atoms with Crippen molar-refractivity contribution in [1.29, 1.82) is 0 Å². The van der Waals surface area contributed by atoms with E-state index in [1.807, 2.05) is 0 Å². The van der Waals surface area contributed by atoms with Gasteiger partial charge in [0.05, 0.1) is 11.6 Å². The molecule has 1 aromatic rings. The van der Waals surface area contributed by atoms with Crippen LogP contribution in [0.25, 0.3) is 0 Å². The molecule has 0 radical (unpaired) electrons. The van der Waals surface area contributed by atoms with Crippen molar-refractivity contribution >= 4 is 23.6 Å². The Bertz CT molecular complexity index is 520. The van der Waals surface area contributed by atoms with Gasteiger partial charge in [0.1, 0.15) is 0 Å². The van der Waals surface area contributed by atoms with Gasteiger partial charge in [0.2, 0.25) is 6.79 Å². The third kappa shape index (κ3) is 3.00. The van der Waals surface area contributed by atoms with Gasteiger partial charge in [0.25, 0.3) is 5.91 Å². The van der Waals surface area contributed by atoms with Crippen LogP contribution < -0.4 is 20.3 Å². The van der Waals surface area contributed by atoms with Gasteiger partial charge in [-0.1, -0.05) is 11.6 Å². The lowest BCUT2D eigenvalue weighted by Gasteiger charge is -2.08. The van der Waals surface area contributed by atoms with Gasteiger partial charge in [-0.3, -0.25) is 10.2 Å². The summed E-state index contributed by atoms with van der Waals surface area (Å²) in [4.78, 5) is 22.8. The van der Waals surface area contributed by atoms with E-state index in [0.29, 0.717) is 11.5 Å². The summed E-state index contributed by atoms with van der Waals surface area (Å²) in [5, 5.41) is 0.260. The lowest BCUT2D eigenvalue weighted by atomic mass is 10.2. The predicted octanol–water partition coefficient (Wildman–Crippen LogP) is 1.46. The van der Waals surface area contributed by atoms with E-state index in [2.05, 4.69) is 15.6 Å². The van der Waals surface area contributed by atoms with Gasteiger partial charge in [-0.05, 0) is 19.1 Å². The van der Waals surface area contributed by atoms with Crippen LogP contribution in [0.3, 0.4) is 0 Å². The lowest BCUT2D eigenvalue weighted by Crippen LogP contribution is -2.41. The Kier molecular flexibility index (Phi) is 3.96. The standard InChI is InChI=1S/C11H11ClN2O5/c1-2-17-11(16)14-13-10(15)6-3-7(12)9-8(4-6)18-5-19-9/h3-4H,2,5H2,1H3,(H,13,15)(H,14,16). The first-order chi connectivity index (χ1) is 9.11. The highest BCUT2D eigenvalue weighted by Crippen LogP contribution is 2.39. The summed E-state index contributed by atoms with van der Waals surface area (Å²) in [5.41, 5.74) is 4.50. The van der Waals surface area contributed by atoms with E-state index in [1.54, 1.807) is 6.92 Å². The maximum absolute atomic E-state index is 11.8. The third-order valence-corrected chi connectivity index (χ3v) is 2.52. The average Bonchev–Trinajstić information content (AvgIpc) is 2.85. The molecule has 0 spiro atoms. The topological polar surface area (TPSA) is 85.9 Å². The van der Waals surface area contributed by atoms with Gasteiger partial charge in [-0.25, -0.2) is 10.2 Å². The maximum atomic E-state index is 11.8. The zero-order valence-electron chi connectivity index (χ0n) is 9.99. The molecular weight excluding hydrogens is 276 g/mol. The summed E-state index contributed by atoms with van der Waals surface area (Å²) in [5.74, 6) is 0.235. The van der Waals surface area contributed by atoms with E-state index in [-0.39, 0.29) is 24.0 Å². The van der Waals surface area contributed by atoms with Crippen molar-refractivity contribution in [3.8, 4) is 11.5 Å². The molecule has 0 unspecified atom stereocenters. The molecule has 7 nitrogen and oxygen atoms in total. The molecule has 19 heavy (non-hydrogen) atoms. The van der Waals surface area contributed by atoms with Crippen LogP contribution in [0.5, 0.6) is 11.5 Å². The van der Waals surface area contributed by atoms with Gasteiger partial charge >= 0.3 is 6.09 Å². The molecule has 0 fully saturated rings. The number of carbonyl (C=O) groups excluding carboxylic acids is 2. The molecule has 2 amide bonds. The zero-order chi connectivity index (χ0) is 13.8. The number of rotatable bonds is 2. The molecule has 1 heterocycles. The highest BCUT2D eigenvalue weighted by molar-refractivity contribution is 6.32. The highest BCUT2D eigenvalue weighted by Gasteiger charge is 2.20. The number of fused-ring (bicyclic) bond motifs is 1. The van der Waals surface area contributed by atoms with Crippen LogP contribution in [0.4, 0.5) is 4.79 Å². The molecule has 1 aliphatic rings. The quantitative estimate of drug-likeness (QED) is 0.804. The van der Waals surface area contributed by atoms with E-state index < -0.39 is 12.0 Å². The van der Waals surface area contributed by atoms with E-state index >= 15 is 0 Å². The molecule has 0 saturated heterocycles. The van der Waals surface area contributed by atoms with Gasteiger partial charge in [-0.15, -0.1) is 0 Å². The molecule has 8 heteroatoms. The second kappa shape index (κ2) is 5.66. The van der Waals surface area contributed by atoms with Crippen molar-refractivity contribution in [3.63, 3.8) is 0 Å². The van der Waals surface area contributed by atoms with Crippen LogP contribution in [0.1, 0.15) is 17.3 Å². The molecule has 102 valence electrons. The third-order valence-electron chi connectivity index (χ3n) is 2.24. The fourth-order valence-electron chi connectivity index (χ4n) is 1.45. The molecule has 0 aliphatic carbocycles. The molecule has 0 bridgehead atoms. The second-order valence-electron chi connectivity index (χ2n) is 3.49. The lowest BCUT2D eigenvalue weighted by molar-refractivity contribution is 0.0912. The van der Waals surface area contributed by atoms with Crippen LogP contribution >= 0.6 is 11.6 Å². The SMILES string of the molecule is CCOC(=O)NNC(=O)c1cc(Cl)c2c(c1)OCO2. The fraction of sp³-hybridized carbons (Fsp3) is 0.273. The predicted molar refractivity (Wildman–Crippen MR) is 65.2 cm³/mol. The summed E-state index contributed by atoms with van der Waals surface area (Å²) < 4.78 is 14.8. The Hall–Kier alpha value is -2.15. The number of halogens is 1. The van der Waals surface area contributed by atoms with E-state index in [9.17, 15) is 9.59 Å². The van der Waals surface area contributed by atoms with Crippen molar-refractivity contribution in [1.82, 2.24) is 10.9 Å². The Morgan fingerprint density at radius 2 is 2.16 bits per heavy atom. The van der Waals surface area contributed by atoms with Crippen molar-refractivity contribution in [2.45, 2.75) is 6.92 Å². The summed E-state index contributed by atoms with van der Waals surface area (Å²) in [6, 6.07) is 2.88. The van der Waals surface area contributed by atoms with Gasteiger partial charge < -0.3 is 14.2 Å². The van der Waals surface area contributed by atoms with Gasteiger partial charge in [-0.2, -0.15) is 0 Å². The number of hydrogen-bond acceptors (Lipinski definition) is 5. The monoisotopic (exact) mass is 286 g/mol. The van der Waals surface area contributed by atoms with E-state index in [0.717, 1.165) is 0 Å².